The lowest BCUT2D eigenvalue weighted by molar-refractivity contribution is 0.361. The molecule has 1 aromatic heterocycles. The molecule has 2 aliphatic rings. The fourth-order valence-electron chi connectivity index (χ4n) is 5.45. The molecular formula is C31H34FN5S. The van der Waals surface area contributed by atoms with Gasteiger partial charge in [0.1, 0.15) is 22.7 Å². The molecule has 196 valence electrons. The van der Waals surface area contributed by atoms with E-state index in [4.69, 9.17) is 17.2 Å². The molecule has 0 saturated heterocycles. The van der Waals surface area contributed by atoms with Gasteiger partial charge in [0, 0.05) is 41.8 Å². The van der Waals surface area contributed by atoms with Crippen LogP contribution in [-0.4, -0.2) is 25.3 Å². The maximum atomic E-state index is 15.6. The van der Waals surface area contributed by atoms with Gasteiger partial charge in [0.15, 0.2) is 0 Å². The monoisotopic (exact) mass is 527 g/mol. The molecular weight excluding hydrogens is 493 g/mol. The van der Waals surface area contributed by atoms with Crippen LogP contribution in [0.3, 0.4) is 0 Å². The summed E-state index contributed by atoms with van der Waals surface area (Å²) in [6.45, 7) is 11.7. The second kappa shape index (κ2) is 11.0. The van der Waals surface area contributed by atoms with Gasteiger partial charge in [-0.3, -0.25) is 0 Å². The van der Waals surface area contributed by atoms with Crippen LogP contribution in [0.1, 0.15) is 67.7 Å². The largest absolute Gasteiger partial charge is 0.352 e. The molecule has 0 bridgehead atoms. The van der Waals surface area contributed by atoms with Crippen molar-refractivity contribution in [2.45, 2.75) is 65.6 Å². The third kappa shape index (κ3) is 4.95. The van der Waals surface area contributed by atoms with Gasteiger partial charge < -0.3 is 14.8 Å². The Bertz CT molecular complexity index is 1430. The Labute approximate surface area is 229 Å². The Balaban J connectivity index is 1.50. The number of imidazole rings is 1. The number of hydrogen-bond donors (Lipinski definition) is 1. The highest BCUT2D eigenvalue weighted by Crippen LogP contribution is 2.42. The summed E-state index contributed by atoms with van der Waals surface area (Å²) in [6.07, 6.45) is 9.64. The number of hydrogen-bond acceptors (Lipinski definition) is 4. The Hall–Kier alpha value is -3.58. The molecule has 1 atom stereocenters. The number of benzene rings is 2. The highest BCUT2D eigenvalue weighted by molar-refractivity contribution is 7.80. The smallest absolute Gasteiger partial charge is 0.129 e. The number of thiocarbonyl (C=S) groups is 1. The van der Waals surface area contributed by atoms with Gasteiger partial charge in [0.2, 0.25) is 0 Å². The van der Waals surface area contributed by atoms with Crippen molar-refractivity contribution in [3.05, 3.63) is 95.5 Å². The lowest BCUT2D eigenvalue weighted by atomic mass is 9.97. The van der Waals surface area contributed by atoms with E-state index in [0.29, 0.717) is 22.9 Å². The zero-order chi connectivity index (χ0) is 26.8. The minimum atomic E-state index is -0.383. The summed E-state index contributed by atoms with van der Waals surface area (Å²) in [4.78, 5) is 11.8. The van der Waals surface area contributed by atoms with E-state index in [-0.39, 0.29) is 11.9 Å². The van der Waals surface area contributed by atoms with E-state index >= 15 is 4.39 Å². The van der Waals surface area contributed by atoms with E-state index < -0.39 is 0 Å². The summed E-state index contributed by atoms with van der Waals surface area (Å²) in [5.41, 5.74) is 7.43. The summed E-state index contributed by atoms with van der Waals surface area (Å²) in [6, 6.07) is 11.7. The van der Waals surface area contributed by atoms with Crippen molar-refractivity contribution in [2.24, 2.45) is 4.99 Å². The van der Waals surface area contributed by atoms with Crippen molar-refractivity contribution in [1.82, 2.24) is 19.8 Å². The van der Waals surface area contributed by atoms with Gasteiger partial charge in [0.05, 0.1) is 12.0 Å². The highest BCUT2D eigenvalue weighted by Gasteiger charge is 2.37. The van der Waals surface area contributed by atoms with Crippen LogP contribution in [0.15, 0.2) is 66.6 Å². The Kier molecular flexibility index (Phi) is 7.56. The molecule has 1 N–H and O–H groups in total. The van der Waals surface area contributed by atoms with E-state index in [1.54, 1.807) is 12.3 Å². The van der Waals surface area contributed by atoms with Crippen molar-refractivity contribution in [3.63, 3.8) is 0 Å². The van der Waals surface area contributed by atoms with Gasteiger partial charge in [-0.05, 0) is 61.9 Å². The SMILES string of the molecule is C=C1c2cc(-c3ccc(CCC)cc3)cc(F)c2CN1C(C(=S)N/C(C)=N/C=C\C)c1ncn2c1CCC2. The van der Waals surface area contributed by atoms with Crippen molar-refractivity contribution in [3.8, 4) is 11.1 Å². The molecule has 0 saturated carbocycles. The third-order valence-corrected chi connectivity index (χ3v) is 7.66. The quantitative estimate of drug-likeness (QED) is 0.204. The molecule has 0 radical (unpaired) electrons. The first-order valence-electron chi connectivity index (χ1n) is 13.3. The molecule has 0 amide bonds. The highest BCUT2D eigenvalue weighted by atomic mass is 32.1. The van der Waals surface area contributed by atoms with E-state index in [9.17, 15) is 0 Å². The topological polar surface area (TPSA) is 45.4 Å². The van der Waals surface area contributed by atoms with Crippen LogP contribution >= 0.6 is 12.2 Å². The van der Waals surface area contributed by atoms with E-state index in [0.717, 1.165) is 60.3 Å². The van der Waals surface area contributed by atoms with E-state index in [1.165, 1.54) is 11.3 Å². The third-order valence-electron chi connectivity index (χ3n) is 7.34. The second-order valence-corrected chi connectivity index (χ2v) is 10.4. The number of aryl methyl sites for hydroxylation is 2. The Morgan fingerprint density at radius 1 is 1.26 bits per heavy atom. The first-order valence-corrected chi connectivity index (χ1v) is 13.7. The van der Waals surface area contributed by atoms with Crippen molar-refractivity contribution in [1.29, 1.82) is 0 Å². The van der Waals surface area contributed by atoms with Crippen LogP contribution in [0.5, 0.6) is 0 Å². The maximum absolute atomic E-state index is 15.6. The van der Waals surface area contributed by atoms with Gasteiger partial charge in [-0.2, -0.15) is 0 Å². The number of amidine groups is 1. The summed E-state index contributed by atoms with van der Waals surface area (Å²) < 4.78 is 17.8. The lowest BCUT2D eigenvalue weighted by Gasteiger charge is -2.31. The Morgan fingerprint density at radius 2 is 2.05 bits per heavy atom. The van der Waals surface area contributed by atoms with Crippen LogP contribution in [0.25, 0.3) is 16.8 Å². The van der Waals surface area contributed by atoms with Gasteiger partial charge in [0.25, 0.3) is 0 Å². The Morgan fingerprint density at radius 3 is 2.79 bits per heavy atom. The fraction of sp³-hybridized carbons (Fsp3) is 0.323. The fourth-order valence-corrected chi connectivity index (χ4v) is 5.84. The molecule has 7 heteroatoms. The van der Waals surface area contributed by atoms with E-state index in [2.05, 4.69) is 63.6 Å². The summed E-state index contributed by atoms with van der Waals surface area (Å²) in [7, 11) is 0. The first-order chi connectivity index (χ1) is 18.4. The predicted octanol–water partition coefficient (Wildman–Crippen LogP) is 6.98. The number of rotatable bonds is 7. The minimum absolute atomic E-state index is 0.225. The summed E-state index contributed by atoms with van der Waals surface area (Å²) in [5.74, 6) is 0.466. The molecule has 3 aromatic rings. The van der Waals surface area contributed by atoms with Crippen molar-refractivity contribution < 1.29 is 4.39 Å². The molecule has 3 heterocycles. The number of nitrogens with one attached hydrogen (secondary N) is 1. The number of fused-ring (bicyclic) bond motifs is 2. The van der Waals surface area contributed by atoms with Crippen LogP contribution in [0, 0.1) is 5.82 Å². The van der Waals surface area contributed by atoms with Crippen LogP contribution in [0.4, 0.5) is 4.39 Å². The number of nitrogens with zero attached hydrogens (tertiary/aromatic N) is 4. The van der Waals surface area contributed by atoms with Crippen LogP contribution < -0.4 is 5.32 Å². The van der Waals surface area contributed by atoms with Crippen LogP contribution in [0.2, 0.25) is 0 Å². The number of halogens is 1. The summed E-state index contributed by atoms with van der Waals surface area (Å²) >= 11 is 5.95. The van der Waals surface area contributed by atoms with Gasteiger partial charge in [-0.1, -0.05) is 62.5 Å². The predicted molar refractivity (Wildman–Crippen MR) is 157 cm³/mol. The van der Waals surface area contributed by atoms with Crippen molar-refractivity contribution >= 4 is 28.7 Å². The molecule has 1 unspecified atom stereocenters. The molecule has 38 heavy (non-hydrogen) atoms. The molecule has 2 aromatic carbocycles. The van der Waals surface area contributed by atoms with Crippen molar-refractivity contribution in [2.75, 3.05) is 0 Å². The average molecular weight is 528 g/mol. The molecule has 0 aliphatic carbocycles. The molecule has 5 rings (SSSR count). The first kappa shape index (κ1) is 26.0. The summed E-state index contributed by atoms with van der Waals surface area (Å²) in [5, 5.41) is 3.29. The molecule has 2 aliphatic heterocycles. The van der Waals surface area contributed by atoms with Gasteiger partial charge >= 0.3 is 0 Å². The molecule has 0 spiro atoms. The van der Waals surface area contributed by atoms with Gasteiger partial charge in [-0.15, -0.1) is 0 Å². The molecule has 5 nitrogen and oxygen atoms in total. The molecule has 0 fully saturated rings. The maximum Gasteiger partial charge on any atom is 0.129 e. The normalized spacial score (nSPS) is 15.7. The minimum Gasteiger partial charge on any atom is -0.352 e. The van der Waals surface area contributed by atoms with Crippen LogP contribution in [-0.2, 0) is 25.9 Å². The number of aliphatic imine (C=N–C) groups is 1. The average Bonchev–Trinajstić information content (AvgIpc) is 3.61. The lowest BCUT2D eigenvalue weighted by Crippen LogP contribution is -2.39. The zero-order valence-electron chi connectivity index (χ0n) is 22.3. The number of aromatic nitrogens is 2. The van der Waals surface area contributed by atoms with E-state index in [1.807, 2.05) is 26.3 Å². The number of allylic oxidation sites excluding steroid dienone is 1. The zero-order valence-corrected chi connectivity index (χ0v) is 23.1. The standard InChI is InChI=1S/C31H34FN5S/c1-5-8-22-10-12-23(13-11-22)24-16-25-20(3)37(18-26(25)27(32)17-24)30(31(38)35-21(4)33-14-6-2)29-28-9-7-15-36(28)19-34-29/h6,10-14,16-17,19,30H,3,5,7-9,15,18H2,1-2,4H3,(H,33,35,38)/b14-6-. The second-order valence-electron chi connectivity index (χ2n) is 9.97. The van der Waals surface area contributed by atoms with Gasteiger partial charge in [-0.25, -0.2) is 14.4 Å².